The van der Waals surface area contributed by atoms with Gasteiger partial charge in [0, 0.05) is 12.1 Å². The highest BCUT2D eigenvalue weighted by Gasteiger charge is 2.20. The van der Waals surface area contributed by atoms with E-state index in [9.17, 15) is 17.2 Å². The van der Waals surface area contributed by atoms with Crippen LogP contribution in [0.15, 0.2) is 47.4 Å². The fourth-order valence-corrected chi connectivity index (χ4v) is 3.06. The van der Waals surface area contributed by atoms with Crippen LogP contribution >= 0.6 is 0 Å². The van der Waals surface area contributed by atoms with E-state index in [1.165, 1.54) is 30.3 Å². The van der Waals surface area contributed by atoms with E-state index < -0.39 is 21.7 Å². The zero-order valence-electron chi connectivity index (χ0n) is 10.3. The van der Waals surface area contributed by atoms with E-state index in [4.69, 9.17) is 5.73 Å². The smallest absolute Gasteiger partial charge is 0.262 e. The van der Waals surface area contributed by atoms with Gasteiger partial charge in [0.2, 0.25) is 0 Å². The topological polar surface area (TPSA) is 72.2 Å². The predicted molar refractivity (Wildman–Crippen MR) is 71.5 cm³/mol. The van der Waals surface area contributed by atoms with Gasteiger partial charge in [0.15, 0.2) is 0 Å². The first-order chi connectivity index (χ1) is 9.44. The van der Waals surface area contributed by atoms with Gasteiger partial charge in [-0.3, -0.25) is 4.72 Å². The Morgan fingerprint density at radius 3 is 2.45 bits per heavy atom. The molecule has 2 aromatic carbocycles. The number of benzene rings is 2. The maximum Gasteiger partial charge on any atom is 0.262 e. The first kappa shape index (κ1) is 14.4. The van der Waals surface area contributed by atoms with Crippen molar-refractivity contribution in [2.24, 2.45) is 5.73 Å². The molecule has 0 aliphatic heterocycles. The van der Waals surface area contributed by atoms with Crippen LogP contribution in [0.4, 0.5) is 14.5 Å². The molecule has 0 heterocycles. The molecule has 0 aliphatic rings. The van der Waals surface area contributed by atoms with E-state index in [1.807, 2.05) is 0 Å². The van der Waals surface area contributed by atoms with Gasteiger partial charge < -0.3 is 5.73 Å². The summed E-state index contributed by atoms with van der Waals surface area (Å²) in [6, 6.07) is 8.61. The van der Waals surface area contributed by atoms with Crippen molar-refractivity contribution in [3.05, 3.63) is 59.7 Å². The van der Waals surface area contributed by atoms with Crippen LogP contribution in [0.2, 0.25) is 0 Å². The summed E-state index contributed by atoms with van der Waals surface area (Å²) >= 11 is 0. The quantitative estimate of drug-likeness (QED) is 0.909. The lowest BCUT2D eigenvalue weighted by atomic mass is 10.2. The van der Waals surface area contributed by atoms with Crippen LogP contribution < -0.4 is 10.5 Å². The molecule has 0 aliphatic carbocycles. The third-order valence-corrected chi connectivity index (χ3v) is 4.11. The Hall–Kier alpha value is -1.99. The summed E-state index contributed by atoms with van der Waals surface area (Å²) in [4.78, 5) is -0.260. The molecule has 3 N–H and O–H groups in total. The highest BCUT2D eigenvalue weighted by molar-refractivity contribution is 7.92. The lowest BCUT2D eigenvalue weighted by Crippen LogP contribution is -2.17. The lowest BCUT2D eigenvalue weighted by Gasteiger charge is -2.12. The molecule has 7 heteroatoms. The second-order valence-electron chi connectivity index (χ2n) is 4.04. The van der Waals surface area contributed by atoms with Gasteiger partial charge in [0.25, 0.3) is 10.0 Å². The Morgan fingerprint density at radius 1 is 1.10 bits per heavy atom. The van der Waals surface area contributed by atoms with E-state index in [0.717, 1.165) is 12.1 Å². The zero-order valence-corrected chi connectivity index (χ0v) is 11.1. The van der Waals surface area contributed by atoms with Crippen LogP contribution in [0.5, 0.6) is 0 Å². The van der Waals surface area contributed by atoms with Crippen LogP contribution in [0, 0.1) is 11.6 Å². The monoisotopic (exact) mass is 298 g/mol. The molecule has 0 unspecified atom stereocenters. The third kappa shape index (κ3) is 2.94. The summed E-state index contributed by atoms with van der Waals surface area (Å²) in [5, 5.41) is 0. The lowest BCUT2D eigenvalue weighted by molar-refractivity contribution is 0.585. The number of hydrogen-bond donors (Lipinski definition) is 2. The first-order valence-corrected chi connectivity index (χ1v) is 7.18. The van der Waals surface area contributed by atoms with Gasteiger partial charge in [-0.2, -0.15) is 0 Å². The second kappa shape index (κ2) is 5.56. The van der Waals surface area contributed by atoms with Gasteiger partial charge in [-0.05, 0) is 30.3 Å². The molecular weight excluding hydrogens is 286 g/mol. The summed E-state index contributed by atoms with van der Waals surface area (Å²) < 4.78 is 53.2. The number of sulfonamides is 1. The van der Waals surface area contributed by atoms with Crippen molar-refractivity contribution in [1.29, 1.82) is 0 Å². The molecule has 2 aromatic rings. The van der Waals surface area contributed by atoms with Crippen molar-refractivity contribution in [1.82, 2.24) is 0 Å². The Labute approximate surface area is 115 Å². The number of halogens is 2. The number of nitrogens with two attached hydrogens (primary N) is 1. The molecule has 0 aromatic heterocycles. The number of hydrogen-bond acceptors (Lipinski definition) is 3. The Kier molecular flexibility index (Phi) is 4.01. The van der Waals surface area contributed by atoms with Crippen LogP contribution in [-0.4, -0.2) is 8.42 Å². The van der Waals surface area contributed by atoms with E-state index in [2.05, 4.69) is 4.72 Å². The maximum atomic E-state index is 13.6. The van der Waals surface area contributed by atoms with Crippen molar-refractivity contribution >= 4 is 15.7 Å². The van der Waals surface area contributed by atoms with Crippen molar-refractivity contribution < 1.29 is 17.2 Å². The SMILES string of the molecule is NCc1c(F)cccc1S(=O)(=O)Nc1cccc(F)c1. The number of rotatable bonds is 4. The van der Waals surface area contributed by atoms with Crippen molar-refractivity contribution in [2.45, 2.75) is 11.4 Å². The molecule has 20 heavy (non-hydrogen) atoms. The Bertz CT molecular complexity index is 733. The van der Waals surface area contributed by atoms with Gasteiger partial charge in [-0.15, -0.1) is 0 Å². The van der Waals surface area contributed by atoms with Crippen molar-refractivity contribution in [3.63, 3.8) is 0 Å². The van der Waals surface area contributed by atoms with E-state index in [-0.39, 0.29) is 22.7 Å². The molecule has 0 fully saturated rings. The highest BCUT2D eigenvalue weighted by atomic mass is 32.2. The largest absolute Gasteiger partial charge is 0.326 e. The summed E-state index contributed by atoms with van der Waals surface area (Å²) in [5.41, 5.74) is 5.31. The minimum absolute atomic E-state index is 0.0530. The average Bonchev–Trinajstić information content (AvgIpc) is 2.38. The summed E-state index contributed by atoms with van der Waals surface area (Å²) in [7, 11) is -4.03. The normalized spacial score (nSPS) is 11.3. The molecule has 0 amide bonds. The van der Waals surface area contributed by atoms with Crippen molar-refractivity contribution in [2.75, 3.05) is 4.72 Å². The predicted octanol–water partition coefficient (Wildman–Crippen LogP) is 2.22. The van der Waals surface area contributed by atoms with E-state index in [1.54, 1.807) is 0 Å². The molecule has 0 radical (unpaired) electrons. The molecule has 0 saturated heterocycles. The van der Waals surface area contributed by atoms with E-state index in [0.29, 0.717) is 0 Å². The highest BCUT2D eigenvalue weighted by Crippen LogP contribution is 2.22. The fraction of sp³-hybridized carbons (Fsp3) is 0.0769. The molecule has 2 rings (SSSR count). The molecular formula is C13H12F2N2O2S. The van der Waals surface area contributed by atoms with Crippen molar-refractivity contribution in [3.8, 4) is 0 Å². The average molecular weight is 298 g/mol. The molecule has 4 nitrogen and oxygen atoms in total. The number of anilines is 1. The van der Waals surface area contributed by atoms with Gasteiger partial charge in [-0.1, -0.05) is 12.1 Å². The molecule has 0 bridgehead atoms. The Balaban J connectivity index is 2.43. The fourth-order valence-electron chi connectivity index (χ4n) is 1.75. The molecule has 0 saturated carbocycles. The van der Waals surface area contributed by atoms with Gasteiger partial charge in [-0.25, -0.2) is 17.2 Å². The van der Waals surface area contributed by atoms with Crippen LogP contribution in [-0.2, 0) is 16.6 Å². The first-order valence-electron chi connectivity index (χ1n) is 5.70. The molecule has 0 spiro atoms. The summed E-state index contributed by atoms with van der Waals surface area (Å²) in [5.74, 6) is -1.28. The second-order valence-corrected chi connectivity index (χ2v) is 5.69. The van der Waals surface area contributed by atoms with Crippen LogP contribution in [0.1, 0.15) is 5.56 Å². The minimum Gasteiger partial charge on any atom is -0.326 e. The van der Waals surface area contributed by atoms with Gasteiger partial charge >= 0.3 is 0 Å². The van der Waals surface area contributed by atoms with Gasteiger partial charge in [0.1, 0.15) is 11.6 Å². The summed E-state index contributed by atoms with van der Waals surface area (Å²) in [6.45, 7) is -0.258. The molecule has 106 valence electrons. The zero-order chi connectivity index (χ0) is 14.8. The Morgan fingerprint density at radius 2 is 1.80 bits per heavy atom. The third-order valence-electron chi connectivity index (χ3n) is 2.65. The van der Waals surface area contributed by atoms with Crippen LogP contribution in [0.25, 0.3) is 0 Å². The maximum absolute atomic E-state index is 13.6. The number of nitrogens with one attached hydrogen (secondary N) is 1. The van der Waals surface area contributed by atoms with Crippen LogP contribution in [0.3, 0.4) is 0 Å². The van der Waals surface area contributed by atoms with E-state index >= 15 is 0 Å². The minimum atomic E-state index is -4.03. The standard InChI is InChI=1S/C13H12F2N2O2S/c14-9-3-1-4-10(7-9)17-20(18,19)13-6-2-5-12(15)11(13)8-16/h1-7,17H,8,16H2. The van der Waals surface area contributed by atoms with Gasteiger partial charge in [0.05, 0.1) is 10.6 Å². The molecule has 0 atom stereocenters. The summed E-state index contributed by atoms with van der Waals surface area (Å²) in [6.07, 6.45) is 0.